The number of hydrogen-bond acceptors (Lipinski definition) is 5. The zero-order valence-electron chi connectivity index (χ0n) is 15.1. The summed E-state index contributed by atoms with van der Waals surface area (Å²) in [6, 6.07) is 19.3. The van der Waals surface area contributed by atoms with Gasteiger partial charge in [-0.1, -0.05) is 30.3 Å². The molecule has 0 fully saturated rings. The third-order valence-corrected chi connectivity index (χ3v) is 4.65. The van der Waals surface area contributed by atoms with Crippen LogP contribution in [0.4, 0.5) is 11.5 Å². The largest absolute Gasteiger partial charge is 0.497 e. The first-order valence-corrected chi connectivity index (χ1v) is 8.85. The molecule has 1 amide bonds. The Kier molecular flexibility index (Phi) is 4.70. The predicted octanol–water partition coefficient (Wildman–Crippen LogP) is 3.30. The van der Waals surface area contributed by atoms with E-state index in [0.717, 1.165) is 23.4 Å². The molecule has 3 aromatic rings. The number of rotatable bonds is 5. The molecule has 0 aliphatic carbocycles. The first kappa shape index (κ1) is 17.0. The van der Waals surface area contributed by atoms with Gasteiger partial charge in [-0.05, 0) is 47.9 Å². The van der Waals surface area contributed by atoms with Gasteiger partial charge < -0.3 is 15.0 Å². The zero-order chi connectivity index (χ0) is 18.6. The summed E-state index contributed by atoms with van der Waals surface area (Å²) in [4.78, 5) is 14.5. The maximum atomic E-state index is 12.8. The summed E-state index contributed by atoms with van der Waals surface area (Å²) in [5.41, 5.74) is 3.61. The smallest absolute Gasteiger partial charge is 0.278 e. The number of nitrogens with zero attached hydrogens (tertiary/aromatic N) is 3. The number of nitrogens with one attached hydrogen (secondary N) is 1. The number of fused-ring (bicyclic) bond motifs is 1. The number of anilines is 2. The monoisotopic (exact) mass is 360 g/mol. The van der Waals surface area contributed by atoms with Crippen molar-refractivity contribution in [1.29, 1.82) is 0 Å². The Morgan fingerprint density at radius 2 is 1.89 bits per heavy atom. The summed E-state index contributed by atoms with van der Waals surface area (Å²) in [5, 5.41) is 11.5. The molecule has 136 valence electrons. The van der Waals surface area contributed by atoms with Crippen molar-refractivity contribution >= 4 is 17.4 Å². The number of para-hydroxylation sites is 1. The minimum absolute atomic E-state index is 0.117. The van der Waals surface area contributed by atoms with Gasteiger partial charge in [0.1, 0.15) is 11.6 Å². The number of benzene rings is 2. The molecule has 0 saturated carbocycles. The molecule has 1 N–H and O–H groups in total. The van der Waals surface area contributed by atoms with Crippen LogP contribution in [0.5, 0.6) is 5.75 Å². The van der Waals surface area contributed by atoms with Gasteiger partial charge in [0.05, 0.1) is 7.11 Å². The lowest BCUT2D eigenvalue weighted by molar-refractivity contribution is 0.0983. The lowest BCUT2D eigenvalue weighted by atomic mass is 10.2. The van der Waals surface area contributed by atoms with Crippen LogP contribution in [0.1, 0.15) is 21.6 Å². The summed E-state index contributed by atoms with van der Waals surface area (Å²) < 4.78 is 5.15. The fourth-order valence-corrected chi connectivity index (χ4v) is 3.16. The average Bonchev–Trinajstić information content (AvgIpc) is 3.16. The van der Waals surface area contributed by atoms with Crippen molar-refractivity contribution < 1.29 is 9.53 Å². The molecule has 0 saturated heterocycles. The number of ether oxygens (including phenoxy) is 1. The second-order valence-corrected chi connectivity index (χ2v) is 6.34. The normalized spacial score (nSPS) is 12.6. The van der Waals surface area contributed by atoms with Gasteiger partial charge in [0.2, 0.25) is 0 Å². The van der Waals surface area contributed by atoms with Crippen LogP contribution >= 0.6 is 0 Å². The maximum Gasteiger partial charge on any atom is 0.278 e. The summed E-state index contributed by atoms with van der Waals surface area (Å²) in [7, 11) is 1.65. The lowest BCUT2D eigenvalue weighted by Crippen LogP contribution is -2.29. The van der Waals surface area contributed by atoms with Crippen LogP contribution < -0.4 is 15.0 Å². The number of hydrogen-bond donors (Lipinski definition) is 1. The molecule has 0 atom stereocenters. The van der Waals surface area contributed by atoms with Gasteiger partial charge in [0, 0.05) is 18.8 Å². The summed E-state index contributed by atoms with van der Waals surface area (Å²) in [6.45, 7) is 1.29. The highest BCUT2D eigenvalue weighted by atomic mass is 16.5. The number of methoxy groups -OCH3 is 1. The lowest BCUT2D eigenvalue weighted by Gasteiger charge is -2.16. The van der Waals surface area contributed by atoms with Crippen LogP contribution in [0, 0.1) is 0 Å². The topological polar surface area (TPSA) is 67.3 Å². The molecule has 4 rings (SSSR count). The maximum absolute atomic E-state index is 12.8. The van der Waals surface area contributed by atoms with E-state index in [0.29, 0.717) is 24.6 Å². The Bertz CT molecular complexity index is 939. The van der Waals surface area contributed by atoms with Crippen LogP contribution in [-0.2, 0) is 13.0 Å². The van der Waals surface area contributed by atoms with Gasteiger partial charge in [-0.15, -0.1) is 10.2 Å². The van der Waals surface area contributed by atoms with Gasteiger partial charge >= 0.3 is 0 Å². The van der Waals surface area contributed by atoms with Gasteiger partial charge in [-0.2, -0.15) is 0 Å². The molecule has 1 aromatic heterocycles. The SMILES string of the molecule is COc1ccc(CNc2ccc(C(=O)N3CCc4ccccc43)nn2)cc1. The molecule has 2 heterocycles. The molecule has 2 aromatic carbocycles. The number of aromatic nitrogens is 2. The van der Waals surface area contributed by atoms with E-state index in [1.165, 1.54) is 5.56 Å². The highest BCUT2D eigenvalue weighted by molar-refractivity contribution is 6.06. The van der Waals surface area contributed by atoms with Gasteiger partial charge in [-0.25, -0.2) is 0 Å². The Balaban J connectivity index is 1.40. The van der Waals surface area contributed by atoms with E-state index in [1.54, 1.807) is 24.1 Å². The first-order chi connectivity index (χ1) is 13.2. The first-order valence-electron chi connectivity index (χ1n) is 8.85. The Labute approximate surface area is 157 Å². The Morgan fingerprint density at radius 1 is 1.07 bits per heavy atom. The van der Waals surface area contributed by atoms with Crippen molar-refractivity contribution in [2.45, 2.75) is 13.0 Å². The molecule has 1 aliphatic heterocycles. The quantitative estimate of drug-likeness (QED) is 0.756. The van der Waals surface area contributed by atoms with Gasteiger partial charge in [0.25, 0.3) is 5.91 Å². The van der Waals surface area contributed by atoms with Crippen molar-refractivity contribution in [2.24, 2.45) is 0 Å². The van der Waals surface area contributed by atoms with E-state index in [-0.39, 0.29) is 5.91 Å². The van der Waals surface area contributed by atoms with Crippen LogP contribution in [0.15, 0.2) is 60.7 Å². The standard InChI is InChI=1S/C21H20N4O2/c1-27-17-8-6-15(7-9-17)14-22-20-11-10-18(23-24-20)21(26)25-13-12-16-4-2-3-5-19(16)25/h2-11H,12-14H2,1H3,(H,22,24). The second-order valence-electron chi connectivity index (χ2n) is 6.34. The van der Waals surface area contributed by atoms with Gasteiger partial charge in [0.15, 0.2) is 5.69 Å². The molecule has 0 radical (unpaired) electrons. The van der Waals surface area contributed by atoms with E-state index < -0.39 is 0 Å². The minimum atomic E-state index is -0.117. The molecule has 6 nitrogen and oxygen atoms in total. The van der Waals surface area contributed by atoms with Crippen molar-refractivity contribution in [3.63, 3.8) is 0 Å². The third-order valence-electron chi connectivity index (χ3n) is 4.65. The molecule has 27 heavy (non-hydrogen) atoms. The van der Waals surface area contributed by atoms with Crippen molar-refractivity contribution in [1.82, 2.24) is 10.2 Å². The van der Waals surface area contributed by atoms with E-state index >= 15 is 0 Å². The predicted molar refractivity (Wildman–Crippen MR) is 104 cm³/mol. The van der Waals surface area contributed by atoms with Crippen molar-refractivity contribution in [2.75, 3.05) is 23.9 Å². The number of amides is 1. The van der Waals surface area contributed by atoms with Crippen LogP contribution in [0.25, 0.3) is 0 Å². The molecular formula is C21H20N4O2. The molecule has 1 aliphatic rings. The van der Waals surface area contributed by atoms with Crippen molar-refractivity contribution in [3.05, 3.63) is 77.5 Å². The third kappa shape index (κ3) is 3.60. The number of carbonyl (C=O) groups is 1. The number of carbonyl (C=O) groups excluding carboxylic acids is 1. The average molecular weight is 360 g/mol. The Morgan fingerprint density at radius 3 is 2.63 bits per heavy atom. The van der Waals surface area contributed by atoms with Crippen molar-refractivity contribution in [3.8, 4) is 5.75 Å². The molecular weight excluding hydrogens is 340 g/mol. The summed E-state index contributed by atoms with van der Waals surface area (Å²) in [5.74, 6) is 1.34. The highest BCUT2D eigenvalue weighted by Crippen LogP contribution is 2.28. The summed E-state index contributed by atoms with van der Waals surface area (Å²) in [6.07, 6.45) is 0.872. The van der Waals surface area contributed by atoms with E-state index in [2.05, 4.69) is 21.6 Å². The molecule has 0 bridgehead atoms. The van der Waals surface area contributed by atoms with E-state index in [9.17, 15) is 4.79 Å². The second kappa shape index (κ2) is 7.45. The molecule has 0 spiro atoms. The van der Waals surface area contributed by atoms with Crippen LogP contribution in [-0.4, -0.2) is 29.8 Å². The fraction of sp³-hybridized carbons (Fsp3) is 0.190. The molecule has 6 heteroatoms. The van der Waals surface area contributed by atoms with Gasteiger partial charge in [-0.3, -0.25) is 4.79 Å². The van der Waals surface area contributed by atoms with E-state index in [1.807, 2.05) is 42.5 Å². The van der Waals surface area contributed by atoms with Crippen LogP contribution in [0.2, 0.25) is 0 Å². The summed E-state index contributed by atoms with van der Waals surface area (Å²) >= 11 is 0. The zero-order valence-corrected chi connectivity index (χ0v) is 15.1. The minimum Gasteiger partial charge on any atom is -0.497 e. The Hall–Kier alpha value is -3.41. The fourth-order valence-electron chi connectivity index (χ4n) is 3.16. The molecule has 0 unspecified atom stereocenters. The highest BCUT2D eigenvalue weighted by Gasteiger charge is 2.26. The van der Waals surface area contributed by atoms with Crippen LogP contribution in [0.3, 0.4) is 0 Å². The van der Waals surface area contributed by atoms with E-state index in [4.69, 9.17) is 4.74 Å².